The molecule has 1 rings (SSSR count). The Bertz CT molecular complexity index is 425. The van der Waals surface area contributed by atoms with Gasteiger partial charge in [-0.2, -0.15) is 0 Å². The lowest BCUT2D eigenvalue weighted by Gasteiger charge is -2.04. The number of nitrogens with one attached hydrogen (secondary N) is 1. The highest BCUT2D eigenvalue weighted by atomic mass is 35.5. The van der Waals surface area contributed by atoms with Gasteiger partial charge in [-0.05, 0) is 17.7 Å². The van der Waals surface area contributed by atoms with E-state index in [1.807, 2.05) is 0 Å². The third-order valence-electron chi connectivity index (χ3n) is 1.83. The Hall–Kier alpha value is -1.81. The Kier molecular flexibility index (Phi) is 4.08. The van der Waals surface area contributed by atoms with E-state index in [-0.39, 0.29) is 12.1 Å². The number of hydrogen-bond donors (Lipinski definition) is 2. The Morgan fingerprint density at radius 1 is 1.31 bits per heavy atom. The summed E-state index contributed by atoms with van der Waals surface area (Å²) in [5.74, 6) is -1.67. The lowest BCUT2D eigenvalue weighted by molar-refractivity contribution is -0.134. The summed E-state index contributed by atoms with van der Waals surface area (Å²) >= 11 is 5.68. The van der Waals surface area contributed by atoms with E-state index in [0.29, 0.717) is 5.02 Å². The van der Waals surface area contributed by atoms with Crippen LogP contribution in [0.25, 0.3) is 0 Å². The van der Waals surface area contributed by atoms with Crippen molar-refractivity contribution in [1.29, 1.82) is 0 Å². The van der Waals surface area contributed by atoms with Gasteiger partial charge in [-0.15, -0.1) is 0 Å². The Morgan fingerprint density at radius 3 is 2.38 bits per heavy atom. The first-order valence-corrected chi connectivity index (χ1v) is 4.83. The van der Waals surface area contributed by atoms with Gasteiger partial charge in [0.1, 0.15) is 5.70 Å². The van der Waals surface area contributed by atoms with Gasteiger partial charge in [-0.1, -0.05) is 30.3 Å². The highest BCUT2D eigenvalue weighted by Crippen LogP contribution is 2.09. The minimum atomic E-state index is -1.25. The normalized spacial score (nSPS) is 9.56. The summed E-state index contributed by atoms with van der Waals surface area (Å²) in [6.07, 6.45) is 0.0868. The van der Waals surface area contributed by atoms with Gasteiger partial charge in [0.25, 0.3) is 0 Å². The number of rotatable bonds is 4. The van der Waals surface area contributed by atoms with Crippen LogP contribution in [-0.2, 0) is 16.0 Å². The molecule has 0 fully saturated rings. The molecule has 0 aliphatic carbocycles. The maximum atomic E-state index is 11.3. The monoisotopic (exact) mass is 239 g/mol. The average molecular weight is 240 g/mol. The van der Waals surface area contributed by atoms with Crippen LogP contribution in [0.15, 0.2) is 36.5 Å². The summed E-state index contributed by atoms with van der Waals surface area (Å²) in [7, 11) is 0. The van der Waals surface area contributed by atoms with Crippen molar-refractivity contribution in [3.8, 4) is 0 Å². The molecule has 2 N–H and O–H groups in total. The molecule has 0 aromatic heterocycles. The third-order valence-corrected chi connectivity index (χ3v) is 2.08. The van der Waals surface area contributed by atoms with Crippen LogP contribution < -0.4 is 5.32 Å². The summed E-state index contributed by atoms with van der Waals surface area (Å²) in [6.45, 7) is 3.20. The van der Waals surface area contributed by atoms with E-state index >= 15 is 0 Å². The fourth-order valence-electron chi connectivity index (χ4n) is 1.05. The van der Waals surface area contributed by atoms with Crippen molar-refractivity contribution in [2.24, 2.45) is 0 Å². The van der Waals surface area contributed by atoms with Crippen LogP contribution in [-0.4, -0.2) is 17.0 Å². The predicted molar refractivity (Wildman–Crippen MR) is 60.1 cm³/mol. The third kappa shape index (κ3) is 3.74. The molecule has 4 nitrogen and oxygen atoms in total. The van der Waals surface area contributed by atoms with E-state index in [2.05, 4.69) is 11.9 Å². The second-order valence-electron chi connectivity index (χ2n) is 3.14. The fraction of sp³-hybridized carbons (Fsp3) is 0.0909. The van der Waals surface area contributed by atoms with Crippen LogP contribution in [0.5, 0.6) is 0 Å². The van der Waals surface area contributed by atoms with Gasteiger partial charge in [0.05, 0.1) is 6.42 Å². The number of aliphatic carboxylic acids is 1. The van der Waals surface area contributed by atoms with Crippen molar-refractivity contribution < 1.29 is 14.7 Å². The zero-order valence-corrected chi connectivity index (χ0v) is 9.12. The molecule has 1 aromatic rings. The molecule has 0 spiro atoms. The molecule has 84 valence electrons. The molecule has 0 saturated carbocycles. The van der Waals surface area contributed by atoms with Crippen molar-refractivity contribution in [3.63, 3.8) is 0 Å². The zero-order valence-electron chi connectivity index (χ0n) is 8.37. The van der Waals surface area contributed by atoms with Crippen molar-refractivity contribution in [2.45, 2.75) is 6.42 Å². The standard InChI is InChI=1S/C11H10ClNO3/c1-7(11(15)16)13-10(14)6-8-2-4-9(12)5-3-8/h2-5H,1,6H2,(H,13,14)(H,15,16). The number of amides is 1. The van der Waals surface area contributed by atoms with Crippen LogP contribution in [0.2, 0.25) is 5.02 Å². The first-order chi connectivity index (χ1) is 7.49. The molecule has 16 heavy (non-hydrogen) atoms. The van der Waals surface area contributed by atoms with E-state index in [9.17, 15) is 9.59 Å². The minimum Gasteiger partial charge on any atom is -0.477 e. The molecule has 0 bridgehead atoms. The number of carboxylic acid groups (broad SMARTS) is 1. The Labute approximate surface area is 97.5 Å². The number of hydrogen-bond acceptors (Lipinski definition) is 2. The second kappa shape index (κ2) is 5.32. The van der Waals surface area contributed by atoms with Crippen molar-refractivity contribution in [3.05, 3.63) is 47.1 Å². The lowest BCUT2D eigenvalue weighted by Crippen LogP contribution is -2.27. The Balaban J connectivity index is 2.55. The molecule has 0 saturated heterocycles. The first kappa shape index (κ1) is 12.3. The molecule has 5 heteroatoms. The van der Waals surface area contributed by atoms with Gasteiger partial charge in [-0.25, -0.2) is 4.79 Å². The van der Waals surface area contributed by atoms with Crippen LogP contribution >= 0.6 is 11.6 Å². The topological polar surface area (TPSA) is 66.4 Å². The summed E-state index contributed by atoms with van der Waals surface area (Å²) in [5.41, 5.74) is 0.416. The summed E-state index contributed by atoms with van der Waals surface area (Å²) in [4.78, 5) is 21.7. The van der Waals surface area contributed by atoms with E-state index in [1.54, 1.807) is 24.3 Å². The molecule has 0 atom stereocenters. The SMILES string of the molecule is C=C(NC(=O)Cc1ccc(Cl)cc1)C(=O)O. The summed E-state index contributed by atoms with van der Waals surface area (Å²) < 4.78 is 0. The van der Waals surface area contributed by atoms with Crippen LogP contribution in [0.4, 0.5) is 0 Å². The minimum absolute atomic E-state index is 0.0868. The maximum Gasteiger partial charge on any atom is 0.351 e. The highest BCUT2D eigenvalue weighted by molar-refractivity contribution is 6.30. The van der Waals surface area contributed by atoms with Gasteiger partial charge < -0.3 is 10.4 Å². The molecular weight excluding hydrogens is 230 g/mol. The van der Waals surface area contributed by atoms with Crippen LogP contribution in [0.1, 0.15) is 5.56 Å². The summed E-state index contributed by atoms with van der Waals surface area (Å²) in [6, 6.07) is 6.73. The number of benzene rings is 1. The summed E-state index contributed by atoms with van der Waals surface area (Å²) in [5, 5.41) is 11.3. The highest BCUT2D eigenvalue weighted by Gasteiger charge is 2.09. The molecule has 0 radical (unpaired) electrons. The predicted octanol–water partition coefficient (Wildman–Crippen LogP) is 1.60. The molecule has 0 unspecified atom stereocenters. The van der Waals surface area contributed by atoms with Crippen molar-refractivity contribution in [2.75, 3.05) is 0 Å². The number of carboxylic acids is 1. The van der Waals surface area contributed by atoms with Gasteiger partial charge in [0.2, 0.25) is 5.91 Å². The van der Waals surface area contributed by atoms with E-state index in [1.165, 1.54) is 0 Å². The van der Waals surface area contributed by atoms with E-state index in [4.69, 9.17) is 16.7 Å². The quantitative estimate of drug-likeness (QED) is 0.785. The van der Waals surface area contributed by atoms with E-state index < -0.39 is 11.9 Å². The molecule has 0 heterocycles. The van der Waals surface area contributed by atoms with Crippen LogP contribution in [0.3, 0.4) is 0 Å². The molecule has 1 aromatic carbocycles. The average Bonchev–Trinajstić information content (AvgIpc) is 2.21. The second-order valence-corrected chi connectivity index (χ2v) is 3.57. The van der Waals surface area contributed by atoms with Gasteiger partial charge in [-0.3, -0.25) is 4.79 Å². The lowest BCUT2D eigenvalue weighted by atomic mass is 10.1. The van der Waals surface area contributed by atoms with Gasteiger partial charge in [0.15, 0.2) is 0 Å². The maximum absolute atomic E-state index is 11.3. The zero-order chi connectivity index (χ0) is 12.1. The van der Waals surface area contributed by atoms with Gasteiger partial charge in [0, 0.05) is 5.02 Å². The number of halogens is 1. The number of carbonyl (C=O) groups is 2. The molecule has 0 aliphatic heterocycles. The van der Waals surface area contributed by atoms with Crippen LogP contribution in [0, 0.1) is 0 Å². The molecular formula is C11H10ClNO3. The van der Waals surface area contributed by atoms with Crippen molar-refractivity contribution >= 4 is 23.5 Å². The smallest absolute Gasteiger partial charge is 0.351 e. The largest absolute Gasteiger partial charge is 0.477 e. The van der Waals surface area contributed by atoms with E-state index in [0.717, 1.165) is 5.56 Å². The fourth-order valence-corrected chi connectivity index (χ4v) is 1.18. The number of carbonyl (C=O) groups excluding carboxylic acids is 1. The molecule has 1 amide bonds. The first-order valence-electron chi connectivity index (χ1n) is 4.45. The van der Waals surface area contributed by atoms with Gasteiger partial charge >= 0.3 is 5.97 Å². The van der Waals surface area contributed by atoms with Crippen molar-refractivity contribution in [1.82, 2.24) is 5.32 Å². The Morgan fingerprint density at radius 2 is 1.88 bits per heavy atom. The molecule has 0 aliphatic rings.